The van der Waals surface area contributed by atoms with Crippen molar-refractivity contribution in [2.24, 2.45) is 0 Å². The maximum absolute atomic E-state index is 14.1. The largest absolute Gasteiger partial charge is 0.443 e. The van der Waals surface area contributed by atoms with Crippen LogP contribution >= 0.6 is 11.3 Å². The number of nitrogen functional groups attached to an aromatic ring is 1. The SMILES string of the molecule is CC(C)(C)OC(=O)N(c1cscn1)S(=O)(=O)c1c(F)cc(N)cc1F. The van der Waals surface area contributed by atoms with Crippen LogP contribution in [0.5, 0.6) is 0 Å². The van der Waals surface area contributed by atoms with Gasteiger partial charge in [-0.15, -0.1) is 15.6 Å². The molecule has 2 rings (SSSR count). The molecular formula is C14H15F2N3O4S2. The second kappa shape index (κ2) is 6.56. The van der Waals surface area contributed by atoms with Gasteiger partial charge < -0.3 is 10.5 Å². The van der Waals surface area contributed by atoms with Gasteiger partial charge in [-0.2, -0.15) is 0 Å². The summed E-state index contributed by atoms with van der Waals surface area (Å²) in [5, 5.41) is 1.23. The number of anilines is 2. The summed E-state index contributed by atoms with van der Waals surface area (Å²) >= 11 is 0.993. The van der Waals surface area contributed by atoms with E-state index in [1.807, 2.05) is 0 Å². The fraction of sp³-hybridized carbons (Fsp3) is 0.286. The Bertz CT molecular complexity index is 870. The van der Waals surface area contributed by atoms with Crippen molar-refractivity contribution in [1.82, 2.24) is 4.98 Å². The van der Waals surface area contributed by atoms with Crippen LogP contribution in [0.4, 0.5) is 25.1 Å². The molecule has 0 bridgehead atoms. The number of ether oxygens (including phenoxy) is 1. The zero-order valence-corrected chi connectivity index (χ0v) is 15.1. The quantitative estimate of drug-likeness (QED) is 0.807. The van der Waals surface area contributed by atoms with Crippen LogP contribution in [0.2, 0.25) is 0 Å². The Hall–Kier alpha value is -2.27. The average molecular weight is 391 g/mol. The molecule has 0 unspecified atom stereocenters. The van der Waals surface area contributed by atoms with E-state index in [9.17, 15) is 22.0 Å². The number of nitrogens with two attached hydrogens (primary N) is 1. The number of hydrogen-bond donors (Lipinski definition) is 1. The summed E-state index contributed by atoms with van der Waals surface area (Å²) in [5.74, 6) is -3.20. The second-order valence-electron chi connectivity index (χ2n) is 5.91. The lowest BCUT2D eigenvalue weighted by Crippen LogP contribution is -2.41. The molecule has 0 saturated carbocycles. The standard InChI is InChI=1S/C14H15F2N3O4S2/c1-14(2,3)23-13(20)19(11-6-24-7-18-11)25(21,22)12-9(15)4-8(17)5-10(12)16/h4-7H,17H2,1-3H3. The minimum atomic E-state index is -4.98. The number of thiazole rings is 1. The normalized spacial score (nSPS) is 12.0. The molecular weight excluding hydrogens is 376 g/mol. The first kappa shape index (κ1) is 19.1. The van der Waals surface area contributed by atoms with Crippen LogP contribution in [-0.4, -0.2) is 25.1 Å². The molecule has 1 amide bonds. The Balaban J connectivity index is 2.64. The molecule has 0 saturated heterocycles. The number of halogens is 2. The lowest BCUT2D eigenvalue weighted by molar-refractivity contribution is 0.0608. The molecule has 0 fully saturated rings. The lowest BCUT2D eigenvalue weighted by atomic mass is 10.2. The maximum atomic E-state index is 14.1. The topological polar surface area (TPSA) is 103 Å². The predicted octanol–water partition coefficient (Wildman–Crippen LogP) is 3.13. The van der Waals surface area contributed by atoms with Crippen molar-refractivity contribution in [3.05, 3.63) is 34.7 Å². The molecule has 0 atom stereocenters. The van der Waals surface area contributed by atoms with Crippen LogP contribution in [-0.2, 0) is 14.8 Å². The molecule has 0 spiro atoms. The number of carbonyl (C=O) groups excluding carboxylic acids is 1. The van der Waals surface area contributed by atoms with Gasteiger partial charge in [-0.1, -0.05) is 0 Å². The van der Waals surface area contributed by atoms with Gasteiger partial charge in [0.25, 0.3) is 10.0 Å². The van der Waals surface area contributed by atoms with E-state index < -0.39 is 38.2 Å². The zero-order valence-electron chi connectivity index (χ0n) is 13.5. The highest BCUT2D eigenvalue weighted by molar-refractivity contribution is 7.93. The highest BCUT2D eigenvalue weighted by Gasteiger charge is 2.39. The highest BCUT2D eigenvalue weighted by Crippen LogP contribution is 2.30. The molecule has 1 aromatic heterocycles. The lowest BCUT2D eigenvalue weighted by Gasteiger charge is -2.25. The monoisotopic (exact) mass is 391 g/mol. The van der Waals surface area contributed by atoms with E-state index in [-0.39, 0.29) is 15.8 Å². The van der Waals surface area contributed by atoms with Crippen LogP contribution in [0, 0.1) is 11.6 Å². The summed E-state index contributed by atoms with van der Waals surface area (Å²) in [6, 6.07) is 1.29. The number of aromatic nitrogens is 1. The maximum Gasteiger partial charge on any atom is 0.430 e. The van der Waals surface area contributed by atoms with Gasteiger partial charge in [0.2, 0.25) is 0 Å². The summed E-state index contributed by atoms with van der Waals surface area (Å²) < 4.78 is 58.9. The highest BCUT2D eigenvalue weighted by atomic mass is 32.2. The Morgan fingerprint density at radius 3 is 2.28 bits per heavy atom. The molecule has 2 aromatic rings. The fourth-order valence-corrected chi connectivity index (χ4v) is 3.80. The first-order valence-corrected chi connectivity index (χ1v) is 9.23. The van der Waals surface area contributed by atoms with Gasteiger partial charge in [0.1, 0.15) is 17.2 Å². The van der Waals surface area contributed by atoms with E-state index >= 15 is 0 Å². The summed E-state index contributed by atoms with van der Waals surface area (Å²) in [5.41, 5.74) is 5.21. The molecule has 136 valence electrons. The molecule has 0 aliphatic heterocycles. The molecule has 0 radical (unpaired) electrons. The molecule has 0 aliphatic carbocycles. The number of benzene rings is 1. The van der Waals surface area contributed by atoms with Crippen molar-refractivity contribution < 1.29 is 26.7 Å². The van der Waals surface area contributed by atoms with E-state index in [1.54, 1.807) is 0 Å². The van der Waals surface area contributed by atoms with Crippen LogP contribution in [0.1, 0.15) is 20.8 Å². The molecule has 0 aliphatic rings. The molecule has 1 heterocycles. The van der Waals surface area contributed by atoms with E-state index in [0.29, 0.717) is 12.1 Å². The van der Waals surface area contributed by atoms with E-state index in [1.165, 1.54) is 31.7 Å². The van der Waals surface area contributed by atoms with Crippen LogP contribution in [0.15, 0.2) is 27.9 Å². The number of hydrogen-bond acceptors (Lipinski definition) is 7. The molecule has 2 N–H and O–H groups in total. The van der Waals surface area contributed by atoms with Gasteiger partial charge in [0.05, 0.1) is 5.51 Å². The number of amides is 1. The minimum absolute atomic E-state index is 0.117. The van der Waals surface area contributed by atoms with Crippen molar-refractivity contribution in [2.45, 2.75) is 31.3 Å². The molecule has 1 aromatic carbocycles. The number of rotatable bonds is 3. The summed E-state index contributed by atoms with van der Waals surface area (Å²) in [7, 11) is -4.98. The van der Waals surface area contributed by atoms with Crippen molar-refractivity contribution >= 4 is 39.0 Å². The smallest absolute Gasteiger partial charge is 0.430 e. The van der Waals surface area contributed by atoms with Gasteiger partial charge in [-0.3, -0.25) is 0 Å². The Kier molecular flexibility index (Phi) is 5.00. The average Bonchev–Trinajstić information content (AvgIpc) is 2.87. The fourth-order valence-electron chi connectivity index (χ4n) is 1.84. The number of nitrogens with zero attached hydrogens (tertiary/aromatic N) is 2. The third-order valence-corrected chi connectivity index (χ3v) is 5.00. The van der Waals surface area contributed by atoms with Crippen molar-refractivity contribution in [2.75, 3.05) is 10.0 Å². The Morgan fingerprint density at radius 1 is 1.28 bits per heavy atom. The van der Waals surface area contributed by atoms with Crippen LogP contribution in [0.25, 0.3) is 0 Å². The van der Waals surface area contributed by atoms with E-state index in [2.05, 4.69) is 4.98 Å². The summed E-state index contributed by atoms with van der Waals surface area (Å²) in [6.07, 6.45) is -1.34. The number of sulfonamides is 1. The van der Waals surface area contributed by atoms with E-state index in [4.69, 9.17) is 10.5 Å². The van der Waals surface area contributed by atoms with Gasteiger partial charge >= 0.3 is 6.09 Å². The molecule has 25 heavy (non-hydrogen) atoms. The van der Waals surface area contributed by atoms with Gasteiger partial charge in [-0.05, 0) is 32.9 Å². The summed E-state index contributed by atoms with van der Waals surface area (Å²) in [4.78, 5) is 14.8. The van der Waals surface area contributed by atoms with Crippen LogP contribution < -0.4 is 10.0 Å². The third kappa shape index (κ3) is 4.04. The summed E-state index contributed by atoms with van der Waals surface area (Å²) in [6.45, 7) is 4.55. The Morgan fingerprint density at radius 2 is 1.84 bits per heavy atom. The van der Waals surface area contributed by atoms with Crippen molar-refractivity contribution in [3.8, 4) is 0 Å². The first-order chi connectivity index (χ1) is 11.4. The first-order valence-electron chi connectivity index (χ1n) is 6.84. The second-order valence-corrected chi connectivity index (χ2v) is 8.35. The van der Waals surface area contributed by atoms with Crippen molar-refractivity contribution in [3.63, 3.8) is 0 Å². The van der Waals surface area contributed by atoms with Crippen LogP contribution in [0.3, 0.4) is 0 Å². The van der Waals surface area contributed by atoms with Crippen molar-refractivity contribution in [1.29, 1.82) is 0 Å². The zero-order chi connectivity index (χ0) is 19.0. The predicted molar refractivity (Wildman–Crippen MR) is 88.8 cm³/mol. The molecule has 7 nitrogen and oxygen atoms in total. The van der Waals surface area contributed by atoms with E-state index in [0.717, 1.165) is 11.3 Å². The van der Waals surface area contributed by atoms with Gasteiger partial charge in [-0.25, -0.2) is 27.0 Å². The minimum Gasteiger partial charge on any atom is -0.443 e. The molecule has 11 heteroatoms. The van der Waals surface area contributed by atoms with Gasteiger partial charge in [0.15, 0.2) is 10.7 Å². The third-order valence-electron chi connectivity index (χ3n) is 2.71. The number of carbonyl (C=O) groups is 1. The van der Waals surface area contributed by atoms with Gasteiger partial charge in [0, 0.05) is 11.1 Å². The Labute approximate surface area is 147 Å².